The SMILES string of the molecule is COCC(C)NC(=O)c1cc(S(=O)(=O)Nc2cccc(C)c2)ccc1C. The van der Waals surface area contributed by atoms with Crippen molar-refractivity contribution < 1.29 is 17.9 Å². The highest BCUT2D eigenvalue weighted by atomic mass is 32.2. The third kappa shape index (κ3) is 5.06. The van der Waals surface area contributed by atoms with Gasteiger partial charge in [-0.15, -0.1) is 0 Å². The Balaban J connectivity index is 2.28. The maximum absolute atomic E-state index is 12.7. The molecule has 1 amide bonds. The minimum Gasteiger partial charge on any atom is -0.383 e. The van der Waals surface area contributed by atoms with Crippen molar-refractivity contribution >= 4 is 21.6 Å². The molecule has 0 saturated heterocycles. The molecule has 2 aromatic carbocycles. The largest absolute Gasteiger partial charge is 0.383 e. The molecule has 0 aliphatic rings. The first-order valence-corrected chi connectivity index (χ1v) is 9.71. The third-order valence-electron chi connectivity index (χ3n) is 3.83. The van der Waals surface area contributed by atoms with Crippen LogP contribution in [0.5, 0.6) is 0 Å². The minimum absolute atomic E-state index is 0.0363. The van der Waals surface area contributed by atoms with Gasteiger partial charge in [0.05, 0.1) is 11.5 Å². The molecular formula is C19H24N2O4S. The van der Waals surface area contributed by atoms with E-state index in [1.165, 1.54) is 12.1 Å². The molecule has 0 spiro atoms. The molecule has 1 unspecified atom stereocenters. The smallest absolute Gasteiger partial charge is 0.261 e. The zero-order valence-corrected chi connectivity index (χ0v) is 16.2. The van der Waals surface area contributed by atoms with Crippen LogP contribution in [-0.4, -0.2) is 34.1 Å². The molecule has 7 heteroatoms. The number of aryl methyl sites for hydroxylation is 2. The molecule has 0 bridgehead atoms. The summed E-state index contributed by atoms with van der Waals surface area (Å²) >= 11 is 0. The van der Waals surface area contributed by atoms with Crippen LogP contribution >= 0.6 is 0 Å². The van der Waals surface area contributed by atoms with Gasteiger partial charge in [-0.2, -0.15) is 0 Å². The predicted molar refractivity (Wildman–Crippen MR) is 102 cm³/mol. The van der Waals surface area contributed by atoms with E-state index in [-0.39, 0.29) is 16.8 Å². The van der Waals surface area contributed by atoms with Gasteiger partial charge in [-0.1, -0.05) is 18.2 Å². The van der Waals surface area contributed by atoms with Gasteiger partial charge in [-0.05, 0) is 56.2 Å². The number of sulfonamides is 1. The van der Waals surface area contributed by atoms with Crippen LogP contribution in [-0.2, 0) is 14.8 Å². The summed E-state index contributed by atoms with van der Waals surface area (Å²) in [5, 5.41) is 2.79. The number of methoxy groups -OCH3 is 1. The fourth-order valence-electron chi connectivity index (χ4n) is 2.53. The van der Waals surface area contributed by atoms with Crippen LogP contribution in [0.2, 0.25) is 0 Å². The molecule has 26 heavy (non-hydrogen) atoms. The second-order valence-electron chi connectivity index (χ2n) is 6.28. The minimum atomic E-state index is -3.80. The Bertz CT molecular complexity index is 894. The van der Waals surface area contributed by atoms with Gasteiger partial charge >= 0.3 is 0 Å². The third-order valence-corrected chi connectivity index (χ3v) is 5.21. The number of rotatable bonds is 7. The summed E-state index contributed by atoms with van der Waals surface area (Å²) in [5.41, 5.74) is 2.44. The van der Waals surface area contributed by atoms with E-state index >= 15 is 0 Å². The van der Waals surface area contributed by atoms with Crippen LogP contribution in [0.3, 0.4) is 0 Å². The molecule has 0 aromatic heterocycles. The van der Waals surface area contributed by atoms with Crippen molar-refractivity contribution in [2.75, 3.05) is 18.4 Å². The zero-order chi connectivity index (χ0) is 19.3. The van der Waals surface area contributed by atoms with E-state index in [1.54, 1.807) is 38.3 Å². The topological polar surface area (TPSA) is 84.5 Å². The van der Waals surface area contributed by atoms with Crippen LogP contribution in [0.1, 0.15) is 28.4 Å². The molecule has 0 aliphatic heterocycles. The predicted octanol–water partition coefficient (Wildman–Crippen LogP) is 2.87. The number of nitrogens with one attached hydrogen (secondary N) is 2. The van der Waals surface area contributed by atoms with Gasteiger partial charge in [0, 0.05) is 24.4 Å². The first-order valence-electron chi connectivity index (χ1n) is 8.23. The average molecular weight is 376 g/mol. The summed E-state index contributed by atoms with van der Waals surface area (Å²) in [6, 6.07) is 11.4. The van der Waals surface area contributed by atoms with E-state index in [9.17, 15) is 13.2 Å². The zero-order valence-electron chi connectivity index (χ0n) is 15.4. The fraction of sp³-hybridized carbons (Fsp3) is 0.316. The molecule has 0 radical (unpaired) electrons. The Morgan fingerprint density at radius 1 is 1.15 bits per heavy atom. The summed E-state index contributed by atoms with van der Waals surface area (Å²) in [6.45, 7) is 5.84. The molecule has 0 saturated carbocycles. The fourth-order valence-corrected chi connectivity index (χ4v) is 3.60. The lowest BCUT2D eigenvalue weighted by Gasteiger charge is -2.15. The van der Waals surface area contributed by atoms with Gasteiger partial charge in [-0.3, -0.25) is 9.52 Å². The number of hydrogen-bond donors (Lipinski definition) is 2. The van der Waals surface area contributed by atoms with Crippen molar-refractivity contribution in [3.8, 4) is 0 Å². The Kier molecular flexibility index (Phi) is 6.39. The Morgan fingerprint density at radius 3 is 2.54 bits per heavy atom. The van der Waals surface area contributed by atoms with E-state index in [2.05, 4.69) is 10.0 Å². The van der Waals surface area contributed by atoms with E-state index < -0.39 is 10.0 Å². The van der Waals surface area contributed by atoms with Crippen molar-refractivity contribution in [1.82, 2.24) is 5.32 Å². The van der Waals surface area contributed by atoms with E-state index in [1.807, 2.05) is 19.9 Å². The van der Waals surface area contributed by atoms with Crippen molar-refractivity contribution in [1.29, 1.82) is 0 Å². The maximum Gasteiger partial charge on any atom is 0.261 e. The number of hydrogen-bond acceptors (Lipinski definition) is 4. The molecule has 2 aromatic rings. The molecule has 2 rings (SSSR count). The highest BCUT2D eigenvalue weighted by Crippen LogP contribution is 2.20. The lowest BCUT2D eigenvalue weighted by atomic mass is 10.1. The number of carbonyl (C=O) groups is 1. The van der Waals surface area contributed by atoms with Crippen LogP contribution in [0.25, 0.3) is 0 Å². The molecule has 2 N–H and O–H groups in total. The van der Waals surface area contributed by atoms with Crippen LogP contribution in [0, 0.1) is 13.8 Å². The maximum atomic E-state index is 12.7. The monoisotopic (exact) mass is 376 g/mol. The molecular weight excluding hydrogens is 352 g/mol. The number of ether oxygens (including phenoxy) is 1. The summed E-state index contributed by atoms with van der Waals surface area (Å²) in [7, 11) is -2.24. The number of amides is 1. The van der Waals surface area contributed by atoms with Crippen molar-refractivity contribution in [2.45, 2.75) is 31.7 Å². The molecule has 140 valence electrons. The highest BCUT2D eigenvalue weighted by molar-refractivity contribution is 7.92. The Morgan fingerprint density at radius 2 is 1.88 bits per heavy atom. The number of anilines is 1. The number of benzene rings is 2. The van der Waals surface area contributed by atoms with Crippen molar-refractivity contribution in [2.24, 2.45) is 0 Å². The quantitative estimate of drug-likeness (QED) is 0.778. The number of carbonyl (C=O) groups excluding carboxylic acids is 1. The lowest BCUT2D eigenvalue weighted by molar-refractivity contribution is 0.0904. The van der Waals surface area contributed by atoms with Gasteiger partial charge in [0.15, 0.2) is 0 Å². The first-order chi connectivity index (χ1) is 12.2. The first kappa shape index (κ1) is 19.9. The summed E-state index contributed by atoms with van der Waals surface area (Å²) < 4.78 is 32.9. The Labute approximate surface area is 154 Å². The summed E-state index contributed by atoms with van der Waals surface area (Å²) in [5.74, 6) is -0.334. The second kappa shape index (κ2) is 8.33. The van der Waals surface area contributed by atoms with E-state index in [0.29, 0.717) is 23.4 Å². The highest BCUT2D eigenvalue weighted by Gasteiger charge is 2.19. The van der Waals surface area contributed by atoms with E-state index in [0.717, 1.165) is 5.56 Å². The molecule has 6 nitrogen and oxygen atoms in total. The molecule has 0 heterocycles. The van der Waals surface area contributed by atoms with E-state index in [4.69, 9.17) is 4.74 Å². The van der Waals surface area contributed by atoms with Crippen LogP contribution < -0.4 is 10.0 Å². The lowest BCUT2D eigenvalue weighted by Crippen LogP contribution is -2.36. The van der Waals surface area contributed by atoms with Gasteiger partial charge in [0.1, 0.15) is 0 Å². The standard InChI is InChI=1S/C19H24N2O4S/c1-13-6-5-7-16(10-13)21-26(23,24)17-9-8-14(2)18(11-17)19(22)20-15(3)12-25-4/h5-11,15,21H,12H2,1-4H3,(H,20,22). The average Bonchev–Trinajstić information content (AvgIpc) is 2.54. The summed E-state index contributed by atoms with van der Waals surface area (Å²) in [4.78, 5) is 12.5. The molecule has 0 fully saturated rings. The van der Waals surface area contributed by atoms with Crippen LogP contribution in [0.15, 0.2) is 47.4 Å². The normalized spacial score (nSPS) is 12.5. The van der Waals surface area contributed by atoms with Gasteiger partial charge in [0.25, 0.3) is 15.9 Å². The van der Waals surface area contributed by atoms with Gasteiger partial charge in [-0.25, -0.2) is 8.42 Å². The van der Waals surface area contributed by atoms with Gasteiger partial charge < -0.3 is 10.1 Å². The second-order valence-corrected chi connectivity index (χ2v) is 7.96. The Hall–Kier alpha value is -2.38. The van der Waals surface area contributed by atoms with Crippen LogP contribution in [0.4, 0.5) is 5.69 Å². The van der Waals surface area contributed by atoms with Crippen molar-refractivity contribution in [3.05, 3.63) is 59.2 Å². The van der Waals surface area contributed by atoms with Gasteiger partial charge in [0.2, 0.25) is 0 Å². The summed E-state index contributed by atoms with van der Waals surface area (Å²) in [6.07, 6.45) is 0. The van der Waals surface area contributed by atoms with Crippen molar-refractivity contribution in [3.63, 3.8) is 0 Å². The molecule has 1 atom stereocenters. The molecule has 0 aliphatic carbocycles.